The van der Waals surface area contributed by atoms with E-state index in [1.807, 2.05) is 12.1 Å². The minimum absolute atomic E-state index is 0.721. The fraction of sp³-hybridized carbons (Fsp3) is 0.385. The number of hydrogen-bond acceptors (Lipinski definition) is 2. The molecule has 86 valence electrons. The van der Waals surface area contributed by atoms with Gasteiger partial charge in [-0.3, -0.25) is 4.90 Å². The highest BCUT2D eigenvalue weighted by atomic mass is 35.5. The second kappa shape index (κ2) is 4.89. The molecule has 16 heavy (non-hydrogen) atoms. The number of rotatable bonds is 2. The van der Waals surface area contributed by atoms with Gasteiger partial charge in [-0.2, -0.15) is 0 Å². The molecule has 0 aliphatic carbocycles. The van der Waals surface area contributed by atoms with Crippen molar-refractivity contribution in [3.63, 3.8) is 0 Å². The van der Waals surface area contributed by atoms with Crippen LogP contribution in [0, 0.1) is 0 Å². The Bertz CT molecular complexity index is 392. The van der Waals surface area contributed by atoms with Crippen molar-refractivity contribution in [2.75, 3.05) is 18.8 Å². The van der Waals surface area contributed by atoms with E-state index in [4.69, 9.17) is 17.3 Å². The van der Waals surface area contributed by atoms with Gasteiger partial charge < -0.3 is 5.73 Å². The van der Waals surface area contributed by atoms with E-state index in [0.29, 0.717) is 0 Å². The third-order valence-electron chi connectivity index (χ3n) is 2.91. The molecule has 0 fully saturated rings. The van der Waals surface area contributed by atoms with Gasteiger partial charge in [-0.15, -0.1) is 0 Å². The number of hydrogen-bond donors (Lipinski definition) is 1. The van der Waals surface area contributed by atoms with Crippen molar-refractivity contribution in [1.82, 2.24) is 4.90 Å². The molecule has 0 saturated carbocycles. The van der Waals surface area contributed by atoms with E-state index < -0.39 is 0 Å². The predicted octanol–water partition coefficient (Wildman–Crippen LogP) is 3.07. The van der Waals surface area contributed by atoms with Crippen LogP contribution in [-0.4, -0.2) is 18.0 Å². The summed E-state index contributed by atoms with van der Waals surface area (Å²) in [6.07, 6.45) is 3.45. The van der Waals surface area contributed by atoms with Gasteiger partial charge >= 0.3 is 0 Å². The number of nitrogens with zero attached hydrogens (tertiary/aromatic N) is 1. The maximum absolute atomic E-state index is 5.98. The number of benzene rings is 1. The van der Waals surface area contributed by atoms with E-state index >= 15 is 0 Å². The van der Waals surface area contributed by atoms with Crippen LogP contribution in [0.4, 0.5) is 5.69 Å². The maximum atomic E-state index is 5.98. The van der Waals surface area contributed by atoms with Gasteiger partial charge in [0.25, 0.3) is 0 Å². The summed E-state index contributed by atoms with van der Waals surface area (Å²) in [5.74, 6) is 0. The molecule has 2 N–H and O–H groups in total. The molecule has 0 aromatic heterocycles. The zero-order valence-electron chi connectivity index (χ0n) is 9.54. The Morgan fingerprint density at radius 3 is 2.81 bits per heavy atom. The lowest BCUT2D eigenvalue weighted by molar-refractivity contribution is 0.286. The molecule has 2 nitrogen and oxygen atoms in total. The van der Waals surface area contributed by atoms with Crippen molar-refractivity contribution in [3.05, 3.63) is 40.4 Å². The Balaban J connectivity index is 2.04. The fourth-order valence-corrected chi connectivity index (χ4v) is 2.25. The second-order valence-corrected chi connectivity index (χ2v) is 4.86. The highest BCUT2D eigenvalue weighted by Gasteiger charge is 2.10. The molecular formula is C13H17ClN2. The first-order chi connectivity index (χ1) is 7.63. The Morgan fingerprint density at radius 2 is 2.19 bits per heavy atom. The smallest absolute Gasteiger partial charge is 0.0429 e. The molecule has 0 radical (unpaired) electrons. The van der Waals surface area contributed by atoms with Crippen molar-refractivity contribution >= 4 is 17.3 Å². The lowest BCUT2D eigenvalue weighted by Crippen LogP contribution is -2.27. The maximum Gasteiger partial charge on any atom is 0.0429 e. The van der Waals surface area contributed by atoms with Crippen LogP contribution < -0.4 is 5.73 Å². The van der Waals surface area contributed by atoms with Crippen molar-refractivity contribution < 1.29 is 0 Å². The summed E-state index contributed by atoms with van der Waals surface area (Å²) in [4.78, 5) is 2.40. The molecule has 0 bridgehead atoms. The van der Waals surface area contributed by atoms with Gasteiger partial charge in [0.1, 0.15) is 0 Å². The summed E-state index contributed by atoms with van der Waals surface area (Å²) in [6.45, 7) is 5.26. The minimum Gasteiger partial charge on any atom is -0.399 e. The Labute approximate surface area is 102 Å². The largest absolute Gasteiger partial charge is 0.399 e. The van der Waals surface area contributed by atoms with Crippen LogP contribution in [0.25, 0.3) is 0 Å². The zero-order valence-corrected chi connectivity index (χ0v) is 10.3. The molecule has 1 aromatic rings. The molecule has 3 heteroatoms. The first-order valence-corrected chi connectivity index (χ1v) is 5.94. The Morgan fingerprint density at radius 1 is 1.38 bits per heavy atom. The zero-order chi connectivity index (χ0) is 11.5. The van der Waals surface area contributed by atoms with Crippen LogP contribution in [0.3, 0.4) is 0 Å². The van der Waals surface area contributed by atoms with E-state index in [1.165, 1.54) is 11.1 Å². The van der Waals surface area contributed by atoms with Gasteiger partial charge in [-0.05, 0) is 37.1 Å². The summed E-state index contributed by atoms with van der Waals surface area (Å²) < 4.78 is 0. The highest BCUT2D eigenvalue weighted by molar-refractivity contribution is 6.30. The first kappa shape index (κ1) is 11.5. The van der Waals surface area contributed by atoms with E-state index in [1.54, 1.807) is 6.07 Å². The molecule has 1 aliphatic rings. The van der Waals surface area contributed by atoms with Crippen LogP contribution in [0.15, 0.2) is 29.8 Å². The summed E-state index contributed by atoms with van der Waals surface area (Å²) in [5, 5.41) is 0.721. The van der Waals surface area contributed by atoms with Crippen LogP contribution in [0.1, 0.15) is 18.9 Å². The summed E-state index contributed by atoms with van der Waals surface area (Å²) in [6, 6.07) is 5.77. The monoisotopic (exact) mass is 236 g/mol. The Hall–Kier alpha value is -0.990. The molecule has 0 amide bonds. The third kappa shape index (κ3) is 3.00. The van der Waals surface area contributed by atoms with E-state index in [0.717, 1.165) is 36.8 Å². The molecular weight excluding hydrogens is 220 g/mol. The predicted molar refractivity (Wildman–Crippen MR) is 69.5 cm³/mol. The molecule has 1 aliphatic heterocycles. The molecule has 0 spiro atoms. The molecule has 0 unspecified atom stereocenters. The lowest BCUT2D eigenvalue weighted by atomic mass is 10.1. The molecule has 2 rings (SSSR count). The minimum atomic E-state index is 0.721. The van der Waals surface area contributed by atoms with E-state index in [-0.39, 0.29) is 0 Å². The average Bonchev–Trinajstić information content (AvgIpc) is 2.20. The van der Waals surface area contributed by atoms with Gasteiger partial charge in [0, 0.05) is 30.3 Å². The fourth-order valence-electron chi connectivity index (χ4n) is 1.98. The van der Waals surface area contributed by atoms with Gasteiger partial charge in [0.2, 0.25) is 0 Å². The molecule has 1 aromatic carbocycles. The molecule has 0 saturated heterocycles. The number of nitrogen functional groups attached to an aromatic ring is 1. The SMILES string of the molecule is CC1=CCN(Cc2cc(N)cc(Cl)c2)CC1. The van der Waals surface area contributed by atoms with E-state index in [9.17, 15) is 0 Å². The highest BCUT2D eigenvalue weighted by Crippen LogP contribution is 2.19. The number of nitrogens with two attached hydrogens (primary N) is 1. The van der Waals surface area contributed by atoms with Crippen LogP contribution >= 0.6 is 11.6 Å². The van der Waals surface area contributed by atoms with E-state index in [2.05, 4.69) is 17.9 Å². The van der Waals surface area contributed by atoms with Crippen LogP contribution in [0.5, 0.6) is 0 Å². The summed E-state index contributed by atoms with van der Waals surface area (Å²) >= 11 is 5.98. The van der Waals surface area contributed by atoms with Gasteiger partial charge in [-0.25, -0.2) is 0 Å². The van der Waals surface area contributed by atoms with Gasteiger partial charge in [0.05, 0.1) is 0 Å². The second-order valence-electron chi connectivity index (χ2n) is 4.43. The molecule has 1 heterocycles. The molecule has 0 atom stereocenters. The lowest BCUT2D eigenvalue weighted by Gasteiger charge is -2.25. The van der Waals surface area contributed by atoms with Crippen molar-refractivity contribution in [2.45, 2.75) is 19.9 Å². The standard InChI is InChI=1S/C13H17ClN2/c1-10-2-4-16(5-3-10)9-11-6-12(14)8-13(15)7-11/h2,6-8H,3-5,9,15H2,1H3. The van der Waals surface area contributed by atoms with Gasteiger partial charge in [-0.1, -0.05) is 23.3 Å². The first-order valence-electron chi connectivity index (χ1n) is 5.56. The quantitative estimate of drug-likeness (QED) is 0.632. The Kier molecular flexibility index (Phi) is 3.52. The van der Waals surface area contributed by atoms with Crippen LogP contribution in [-0.2, 0) is 6.54 Å². The van der Waals surface area contributed by atoms with Crippen LogP contribution in [0.2, 0.25) is 5.02 Å². The van der Waals surface area contributed by atoms with Crippen molar-refractivity contribution in [1.29, 1.82) is 0 Å². The number of anilines is 1. The van der Waals surface area contributed by atoms with Crippen molar-refractivity contribution in [2.24, 2.45) is 0 Å². The number of halogens is 1. The summed E-state index contributed by atoms with van der Waals surface area (Å²) in [5.41, 5.74) is 9.19. The van der Waals surface area contributed by atoms with Crippen molar-refractivity contribution in [3.8, 4) is 0 Å². The third-order valence-corrected chi connectivity index (χ3v) is 3.12. The topological polar surface area (TPSA) is 29.3 Å². The normalized spacial score (nSPS) is 17.2. The summed E-state index contributed by atoms with van der Waals surface area (Å²) in [7, 11) is 0. The van der Waals surface area contributed by atoms with Gasteiger partial charge in [0.15, 0.2) is 0 Å². The average molecular weight is 237 g/mol.